The first-order valence-corrected chi connectivity index (χ1v) is 12.8. The summed E-state index contributed by atoms with van der Waals surface area (Å²) < 4.78 is 35.7. The number of allylic oxidation sites excluding steroid dienone is 1. The average Bonchev–Trinajstić information content (AvgIpc) is 3.59. The molecule has 1 aliphatic heterocycles. The summed E-state index contributed by atoms with van der Waals surface area (Å²) in [5.41, 5.74) is 2.21. The van der Waals surface area contributed by atoms with Crippen LogP contribution in [0.3, 0.4) is 0 Å². The first-order chi connectivity index (χ1) is 17.1. The molecule has 3 unspecified atom stereocenters. The summed E-state index contributed by atoms with van der Waals surface area (Å²) in [7, 11) is 1.64. The Morgan fingerprint density at radius 3 is 2.31 bits per heavy atom. The van der Waals surface area contributed by atoms with Crippen LogP contribution < -0.4 is 16.1 Å². The summed E-state index contributed by atoms with van der Waals surface area (Å²) in [6.45, 7) is 9.06. The summed E-state index contributed by atoms with van der Waals surface area (Å²) in [4.78, 5) is 24.5. The van der Waals surface area contributed by atoms with E-state index in [-0.39, 0.29) is 42.2 Å². The minimum atomic E-state index is -0.545. The highest BCUT2D eigenvalue weighted by Gasteiger charge is 2.64. The summed E-state index contributed by atoms with van der Waals surface area (Å²) in [5.74, 6) is -0.436. The van der Waals surface area contributed by atoms with Crippen molar-refractivity contribution in [2.45, 2.75) is 102 Å². The van der Waals surface area contributed by atoms with Crippen LogP contribution in [0.2, 0.25) is 0 Å². The van der Waals surface area contributed by atoms with E-state index in [1.54, 1.807) is 7.11 Å². The molecule has 0 radical (unpaired) electrons. The normalized spacial score (nSPS) is 32.0. The summed E-state index contributed by atoms with van der Waals surface area (Å²) in [6, 6.07) is -0.0615. The van der Waals surface area contributed by atoms with Gasteiger partial charge in [0.15, 0.2) is 0 Å². The van der Waals surface area contributed by atoms with Gasteiger partial charge in [0.2, 0.25) is 5.91 Å². The van der Waals surface area contributed by atoms with Gasteiger partial charge in [-0.3, -0.25) is 4.79 Å². The summed E-state index contributed by atoms with van der Waals surface area (Å²) >= 11 is 0. The second kappa shape index (κ2) is 12.6. The number of carbonyl (C=O) groups is 2. The van der Waals surface area contributed by atoms with Crippen molar-refractivity contribution in [3.8, 4) is 0 Å². The highest BCUT2D eigenvalue weighted by molar-refractivity contribution is 5.78. The van der Waals surface area contributed by atoms with Gasteiger partial charge < -0.3 is 29.6 Å². The Morgan fingerprint density at radius 1 is 1.11 bits per heavy atom. The molecular weight excluding hydrogens is 473 g/mol. The Labute approximate surface area is 212 Å². The Balaban J connectivity index is 1.52. The number of rotatable bonds is 11. The Kier molecular flexibility index (Phi) is 10.1. The van der Waals surface area contributed by atoms with E-state index in [1.807, 2.05) is 39.3 Å². The number of halogens is 1. The molecule has 206 valence electrons. The van der Waals surface area contributed by atoms with Gasteiger partial charge in [-0.25, -0.2) is 4.79 Å². The number of hydrogen-bond acceptors (Lipinski definition) is 8. The molecule has 3 fully saturated rings. The van der Waals surface area contributed by atoms with Gasteiger partial charge in [-0.2, -0.15) is 5.48 Å². The third-order valence-electron chi connectivity index (χ3n) is 7.56. The maximum Gasteiger partial charge on any atom is 0.407 e. The van der Waals surface area contributed by atoms with Crippen LogP contribution in [0, 0.1) is 5.92 Å². The first kappa shape index (κ1) is 28.8. The topological polar surface area (TPSA) is 120 Å². The fourth-order valence-corrected chi connectivity index (χ4v) is 5.68. The minimum absolute atomic E-state index is 0.0201. The van der Waals surface area contributed by atoms with Crippen LogP contribution in [0.1, 0.15) is 66.2 Å². The van der Waals surface area contributed by atoms with E-state index >= 15 is 0 Å². The van der Waals surface area contributed by atoms with Crippen molar-refractivity contribution in [3.63, 3.8) is 0 Å². The molecule has 2 saturated carbocycles. The lowest BCUT2D eigenvalue weighted by molar-refractivity contribution is -0.193. The minimum Gasteiger partial charge on any atom is -0.443 e. The molecule has 3 aliphatic rings. The molecule has 2 amide bonds. The highest BCUT2D eigenvalue weighted by Crippen LogP contribution is 2.52. The van der Waals surface area contributed by atoms with Gasteiger partial charge in [0.05, 0.1) is 24.4 Å². The molecule has 0 aromatic carbocycles. The van der Waals surface area contributed by atoms with Crippen molar-refractivity contribution in [2.75, 3.05) is 26.9 Å². The van der Waals surface area contributed by atoms with Crippen LogP contribution in [0.25, 0.3) is 0 Å². The fraction of sp³-hybridized carbons (Fsp3) is 0.840. The number of alkyl carbamates (subject to hydrolysis) is 1. The number of ether oxygens (including phenoxy) is 4. The van der Waals surface area contributed by atoms with Crippen molar-refractivity contribution in [1.82, 2.24) is 16.1 Å². The molecule has 4 atom stereocenters. The maximum absolute atomic E-state index is 12.8. The van der Waals surface area contributed by atoms with E-state index in [4.69, 9.17) is 18.9 Å². The molecule has 10 nitrogen and oxygen atoms in total. The Hall–Kier alpha value is -1.79. The highest BCUT2D eigenvalue weighted by atomic mass is 19.3. The Bertz CT molecular complexity index is 778. The van der Waals surface area contributed by atoms with Gasteiger partial charge >= 0.3 is 6.09 Å². The lowest BCUT2D eigenvalue weighted by Crippen LogP contribution is -2.59. The third kappa shape index (κ3) is 7.61. The van der Waals surface area contributed by atoms with Gasteiger partial charge in [-0.15, -0.1) is 0 Å². The van der Waals surface area contributed by atoms with E-state index in [2.05, 4.69) is 15.7 Å². The van der Waals surface area contributed by atoms with Gasteiger partial charge in [-0.1, -0.05) is 16.7 Å². The van der Waals surface area contributed by atoms with E-state index in [0.29, 0.717) is 45.3 Å². The fourth-order valence-electron chi connectivity index (χ4n) is 5.68. The predicted molar refractivity (Wildman–Crippen MR) is 129 cm³/mol. The quantitative estimate of drug-likeness (QED) is 0.218. The van der Waals surface area contributed by atoms with Crippen LogP contribution in [0.5, 0.6) is 0 Å². The van der Waals surface area contributed by atoms with E-state index in [1.165, 1.54) is 5.57 Å². The predicted octanol–water partition coefficient (Wildman–Crippen LogP) is 2.87. The number of nitrogens with one attached hydrogen (secondary N) is 3. The molecule has 3 N–H and O–H groups in total. The lowest BCUT2D eigenvalue weighted by atomic mass is 9.68. The maximum atomic E-state index is 12.8. The van der Waals surface area contributed by atoms with Crippen molar-refractivity contribution in [2.24, 2.45) is 5.92 Å². The zero-order valence-electron chi connectivity index (χ0n) is 22.1. The number of hydroxylamine groups is 1. The van der Waals surface area contributed by atoms with Gasteiger partial charge in [0.1, 0.15) is 18.8 Å². The van der Waals surface area contributed by atoms with E-state index in [9.17, 15) is 14.1 Å². The average molecular weight is 516 g/mol. The first-order valence-electron chi connectivity index (χ1n) is 12.8. The summed E-state index contributed by atoms with van der Waals surface area (Å²) in [6.07, 6.45) is 5.06. The second-order valence-electron chi connectivity index (χ2n) is 10.9. The molecule has 1 saturated heterocycles. The molecule has 0 bridgehead atoms. The molecule has 0 aromatic heterocycles. The van der Waals surface area contributed by atoms with Crippen molar-refractivity contribution >= 4 is 12.0 Å². The van der Waals surface area contributed by atoms with Crippen LogP contribution in [-0.2, 0) is 28.8 Å². The van der Waals surface area contributed by atoms with Crippen LogP contribution in [0.4, 0.5) is 9.32 Å². The zero-order chi connectivity index (χ0) is 26.3. The summed E-state index contributed by atoms with van der Waals surface area (Å²) in [5, 5.41) is 9.01. The molecule has 11 heteroatoms. The van der Waals surface area contributed by atoms with Gasteiger partial charge in [0, 0.05) is 25.1 Å². The molecule has 1 heterocycles. The van der Waals surface area contributed by atoms with Crippen molar-refractivity contribution in [1.29, 1.82) is 0 Å². The van der Waals surface area contributed by atoms with Crippen molar-refractivity contribution in [3.05, 3.63) is 11.6 Å². The number of epoxide rings is 1. The van der Waals surface area contributed by atoms with Crippen LogP contribution in [-0.4, -0.2) is 74.4 Å². The Morgan fingerprint density at radius 2 is 1.75 bits per heavy atom. The monoisotopic (exact) mass is 515 g/mol. The number of carbonyl (C=O) groups excluding carboxylic acids is 2. The number of hydrogen-bond donors (Lipinski definition) is 3. The van der Waals surface area contributed by atoms with E-state index in [0.717, 1.165) is 6.42 Å². The zero-order valence-corrected chi connectivity index (χ0v) is 22.1. The largest absolute Gasteiger partial charge is 0.443 e. The SMILES string of the molecule is COC1C(OC(=O)N[C@H]2CC[C@H](NC(=O)CNOF)CC2)CC[C@]2(CO2)C1C(C)(C)OCC=C(C)C. The van der Waals surface area contributed by atoms with Crippen molar-refractivity contribution < 1.29 is 38.1 Å². The second-order valence-corrected chi connectivity index (χ2v) is 10.9. The standard InChI is InChI=1S/C25H42FN3O7/c1-16(2)11-13-33-24(3,4)22-21(32-5)19(10-12-25(22)15-34-25)35-23(31)29-18-8-6-17(7-9-18)28-20(30)14-27-36-26/h11,17-19,21-22,27H,6-10,12-15H2,1-5H3,(H,28,30)(H,29,31)/t17-,18-,19?,21?,22?,25-/m0/s1. The van der Waals surface area contributed by atoms with Crippen LogP contribution >= 0.6 is 0 Å². The molecule has 1 spiro atoms. The number of methoxy groups -OCH3 is 1. The molecular formula is C25H42FN3O7. The molecule has 0 aromatic rings. The van der Waals surface area contributed by atoms with Gasteiger partial charge in [-0.05, 0) is 70.7 Å². The van der Waals surface area contributed by atoms with Crippen LogP contribution in [0.15, 0.2) is 11.6 Å². The number of amides is 2. The molecule has 3 rings (SSSR count). The van der Waals surface area contributed by atoms with E-state index < -0.39 is 17.8 Å². The molecule has 2 aliphatic carbocycles. The lowest BCUT2D eigenvalue weighted by Gasteiger charge is -2.47. The molecule has 36 heavy (non-hydrogen) atoms. The smallest absolute Gasteiger partial charge is 0.407 e. The van der Waals surface area contributed by atoms with Gasteiger partial charge in [0.25, 0.3) is 0 Å². The third-order valence-corrected chi connectivity index (χ3v) is 7.56.